The van der Waals surface area contributed by atoms with E-state index in [2.05, 4.69) is 19.2 Å². The van der Waals surface area contributed by atoms with E-state index in [1.807, 2.05) is 6.92 Å². The molecule has 0 aromatic heterocycles. The Kier molecular flexibility index (Phi) is 5.22. The predicted molar refractivity (Wildman–Crippen MR) is 66.3 cm³/mol. The van der Waals surface area contributed by atoms with Crippen LogP contribution < -0.4 is 5.32 Å². The van der Waals surface area contributed by atoms with E-state index in [1.54, 1.807) is 0 Å². The Morgan fingerprint density at radius 3 is 2.25 bits per heavy atom. The van der Waals surface area contributed by atoms with Crippen molar-refractivity contribution in [3.8, 4) is 0 Å². The lowest BCUT2D eigenvalue weighted by Gasteiger charge is -2.40. The van der Waals surface area contributed by atoms with Crippen LogP contribution in [-0.4, -0.2) is 35.0 Å². The van der Waals surface area contributed by atoms with Gasteiger partial charge in [-0.1, -0.05) is 20.8 Å². The summed E-state index contributed by atoms with van der Waals surface area (Å²) in [4.78, 5) is 0. The smallest absolute Gasteiger partial charge is 0.0647 e. The summed E-state index contributed by atoms with van der Waals surface area (Å²) < 4.78 is 0. The Morgan fingerprint density at radius 1 is 1.19 bits per heavy atom. The molecule has 3 heteroatoms. The molecular formula is C13H27NO2. The van der Waals surface area contributed by atoms with Crippen LogP contribution in [0.4, 0.5) is 0 Å². The highest BCUT2D eigenvalue weighted by Gasteiger charge is 2.33. The minimum atomic E-state index is -0.487. The molecule has 0 bridgehead atoms. The van der Waals surface area contributed by atoms with Crippen molar-refractivity contribution in [1.29, 1.82) is 0 Å². The van der Waals surface area contributed by atoms with Gasteiger partial charge in [-0.05, 0) is 37.5 Å². The maximum absolute atomic E-state index is 9.42. The van der Waals surface area contributed by atoms with Crippen LogP contribution in [0, 0.1) is 11.8 Å². The van der Waals surface area contributed by atoms with Crippen molar-refractivity contribution in [3.05, 3.63) is 0 Å². The van der Waals surface area contributed by atoms with Gasteiger partial charge in [0.25, 0.3) is 0 Å². The molecule has 1 aliphatic carbocycles. The molecule has 96 valence electrons. The quantitative estimate of drug-likeness (QED) is 0.670. The summed E-state index contributed by atoms with van der Waals surface area (Å²) in [6, 6.07) is 0.440. The third kappa shape index (κ3) is 3.19. The molecule has 1 saturated carbocycles. The third-order valence-electron chi connectivity index (χ3n) is 4.21. The highest BCUT2D eigenvalue weighted by Crippen LogP contribution is 2.30. The summed E-state index contributed by atoms with van der Waals surface area (Å²) in [5.74, 6) is 1.44. The van der Waals surface area contributed by atoms with Crippen molar-refractivity contribution in [2.75, 3.05) is 13.2 Å². The van der Waals surface area contributed by atoms with E-state index in [0.717, 1.165) is 18.8 Å². The summed E-state index contributed by atoms with van der Waals surface area (Å²) in [6.45, 7) is 6.60. The first kappa shape index (κ1) is 13.9. The van der Waals surface area contributed by atoms with Crippen LogP contribution in [-0.2, 0) is 0 Å². The van der Waals surface area contributed by atoms with Gasteiger partial charge < -0.3 is 15.5 Å². The van der Waals surface area contributed by atoms with Crippen LogP contribution in [0.15, 0.2) is 0 Å². The molecule has 0 aliphatic heterocycles. The average Bonchev–Trinajstić information content (AvgIpc) is 2.29. The molecule has 0 amide bonds. The lowest BCUT2D eigenvalue weighted by atomic mass is 9.78. The SMILES string of the molecule is CCC(CO)(CO)NC1CCC(C)CC1C. The second-order valence-electron chi connectivity index (χ2n) is 5.60. The Balaban J connectivity index is 2.57. The van der Waals surface area contributed by atoms with Crippen LogP contribution in [0.2, 0.25) is 0 Å². The van der Waals surface area contributed by atoms with Gasteiger partial charge in [-0.15, -0.1) is 0 Å². The standard InChI is InChI=1S/C13H27NO2/c1-4-13(8-15,9-16)14-12-6-5-10(2)7-11(12)3/h10-12,14-16H,4-9H2,1-3H3. The second kappa shape index (κ2) is 5.99. The minimum Gasteiger partial charge on any atom is -0.394 e. The number of hydrogen-bond acceptors (Lipinski definition) is 3. The van der Waals surface area contributed by atoms with E-state index in [1.165, 1.54) is 12.8 Å². The monoisotopic (exact) mass is 229 g/mol. The van der Waals surface area contributed by atoms with Crippen molar-refractivity contribution >= 4 is 0 Å². The largest absolute Gasteiger partial charge is 0.394 e. The van der Waals surface area contributed by atoms with Crippen LogP contribution in [0.25, 0.3) is 0 Å². The molecule has 0 aromatic rings. The third-order valence-corrected chi connectivity index (χ3v) is 4.21. The van der Waals surface area contributed by atoms with Crippen molar-refractivity contribution in [1.82, 2.24) is 5.32 Å². The molecule has 1 rings (SSSR count). The molecule has 1 aliphatic rings. The Bertz CT molecular complexity index is 196. The van der Waals surface area contributed by atoms with Gasteiger partial charge in [0.1, 0.15) is 0 Å². The van der Waals surface area contributed by atoms with Crippen molar-refractivity contribution < 1.29 is 10.2 Å². The van der Waals surface area contributed by atoms with E-state index in [4.69, 9.17) is 0 Å². The molecule has 16 heavy (non-hydrogen) atoms. The summed E-state index contributed by atoms with van der Waals surface area (Å²) in [5.41, 5.74) is -0.487. The second-order valence-corrected chi connectivity index (χ2v) is 5.60. The molecule has 3 atom stereocenters. The fraction of sp³-hybridized carbons (Fsp3) is 1.00. The first-order valence-corrected chi connectivity index (χ1v) is 6.56. The molecule has 3 N–H and O–H groups in total. The van der Waals surface area contributed by atoms with Crippen molar-refractivity contribution in [2.24, 2.45) is 11.8 Å². The highest BCUT2D eigenvalue weighted by molar-refractivity contribution is 4.92. The van der Waals surface area contributed by atoms with Crippen molar-refractivity contribution in [3.63, 3.8) is 0 Å². The molecule has 0 radical (unpaired) electrons. The van der Waals surface area contributed by atoms with Gasteiger partial charge in [-0.25, -0.2) is 0 Å². The van der Waals surface area contributed by atoms with E-state index in [9.17, 15) is 10.2 Å². The fourth-order valence-electron chi connectivity index (χ4n) is 2.74. The van der Waals surface area contributed by atoms with Gasteiger partial charge in [0, 0.05) is 6.04 Å². The molecule has 0 heterocycles. The Hall–Kier alpha value is -0.120. The molecule has 3 unspecified atom stereocenters. The average molecular weight is 229 g/mol. The summed E-state index contributed by atoms with van der Waals surface area (Å²) in [6.07, 6.45) is 4.41. The number of aliphatic hydroxyl groups is 2. The van der Waals surface area contributed by atoms with Crippen molar-refractivity contribution in [2.45, 2.75) is 58.0 Å². The first-order chi connectivity index (χ1) is 7.56. The maximum Gasteiger partial charge on any atom is 0.0647 e. The van der Waals surface area contributed by atoms with E-state index in [-0.39, 0.29) is 13.2 Å². The Morgan fingerprint density at radius 2 is 1.81 bits per heavy atom. The topological polar surface area (TPSA) is 52.5 Å². The lowest BCUT2D eigenvalue weighted by molar-refractivity contribution is 0.0598. The number of hydrogen-bond donors (Lipinski definition) is 3. The Labute approximate surface area is 99.3 Å². The normalized spacial score (nSPS) is 31.7. The van der Waals surface area contributed by atoms with Crippen LogP contribution in [0.5, 0.6) is 0 Å². The summed E-state index contributed by atoms with van der Waals surface area (Å²) in [5, 5.41) is 22.3. The zero-order chi connectivity index (χ0) is 12.2. The lowest BCUT2D eigenvalue weighted by Crippen LogP contribution is -2.57. The zero-order valence-corrected chi connectivity index (χ0v) is 10.9. The van der Waals surface area contributed by atoms with E-state index in [0.29, 0.717) is 12.0 Å². The van der Waals surface area contributed by atoms with Gasteiger partial charge in [0.15, 0.2) is 0 Å². The van der Waals surface area contributed by atoms with Gasteiger partial charge in [-0.3, -0.25) is 0 Å². The number of nitrogens with one attached hydrogen (secondary N) is 1. The van der Waals surface area contributed by atoms with Gasteiger partial charge in [0.05, 0.1) is 18.8 Å². The number of aliphatic hydroxyl groups excluding tert-OH is 2. The van der Waals surface area contributed by atoms with Crippen LogP contribution >= 0.6 is 0 Å². The van der Waals surface area contributed by atoms with Gasteiger partial charge >= 0.3 is 0 Å². The highest BCUT2D eigenvalue weighted by atomic mass is 16.3. The minimum absolute atomic E-state index is 0.0127. The summed E-state index contributed by atoms with van der Waals surface area (Å²) >= 11 is 0. The molecule has 3 nitrogen and oxygen atoms in total. The molecule has 0 spiro atoms. The number of rotatable bonds is 5. The summed E-state index contributed by atoms with van der Waals surface area (Å²) in [7, 11) is 0. The van der Waals surface area contributed by atoms with E-state index < -0.39 is 5.54 Å². The zero-order valence-electron chi connectivity index (χ0n) is 10.9. The molecule has 0 aromatic carbocycles. The molecular weight excluding hydrogens is 202 g/mol. The maximum atomic E-state index is 9.42. The fourth-order valence-corrected chi connectivity index (χ4v) is 2.74. The molecule has 1 fully saturated rings. The van der Waals surface area contributed by atoms with Gasteiger partial charge in [-0.2, -0.15) is 0 Å². The first-order valence-electron chi connectivity index (χ1n) is 6.56. The predicted octanol–water partition coefficient (Wildman–Crippen LogP) is 1.53. The van der Waals surface area contributed by atoms with Gasteiger partial charge in [0.2, 0.25) is 0 Å². The molecule has 0 saturated heterocycles. The van der Waals surface area contributed by atoms with Crippen LogP contribution in [0.1, 0.15) is 46.5 Å². The van der Waals surface area contributed by atoms with Crippen LogP contribution in [0.3, 0.4) is 0 Å². The van der Waals surface area contributed by atoms with E-state index >= 15 is 0 Å².